The highest BCUT2D eigenvalue weighted by molar-refractivity contribution is 5.99. The first-order valence-electron chi connectivity index (χ1n) is 19.8. The Hall–Kier alpha value is -6.92. The van der Waals surface area contributed by atoms with Gasteiger partial charge < -0.3 is 5.11 Å². The molecule has 0 aliphatic heterocycles. The van der Waals surface area contributed by atoms with E-state index in [1.165, 1.54) is 17.3 Å². The van der Waals surface area contributed by atoms with Crippen LogP contribution in [0, 0.1) is 0 Å². The summed E-state index contributed by atoms with van der Waals surface area (Å²) in [6.45, 7) is 13.5. The van der Waals surface area contributed by atoms with Gasteiger partial charge in [-0.15, -0.1) is 0 Å². The maximum atomic E-state index is 11.4. The second kappa shape index (κ2) is 14.2. The standard InChI is InChI=1S/C52H45N5O/c1-51(2,3)38-20-21-45(41(29-38)33-13-8-7-9-14-33)57-46-19-11-18-40(43-31-44(55-32-47(43)58)34-22-25-53-26-23-34)49(46)56-50(57)37-16-10-15-35(27-37)42-30-39(52(4,5)6)28-36-17-12-24-54-48(36)42/h7-32,58H,1-6H3. The van der Waals surface area contributed by atoms with E-state index in [1.54, 1.807) is 12.4 Å². The van der Waals surface area contributed by atoms with Crippen molar-refractivity contribution in [1.82, 2.24) is 24.5 Å². The van der Waals surface area contributed by atoms with Crippen LogP contribution in [0.4, 0.5) is 0 Å². The smallest absolute Gasteiger partial charge is 0.145 e. The second-order valence-corrected chi connectivity index (χ2v) is 17.0. The summed E-state index contributed by atoms with van der Waals surface area (Å²) >= 11 is 0. The predicted molar refractivity (Wildman–Crippen MR) is 238 cm³/mol. The molecule has 284 valence electrons. The normalized spacial score (nSPS) is 12.0. The van der Waals surface area contributed by atoms with E-state index in [1.807, 2.05) is 42.6 Å². The molecule has 0 amide bonds. The fourth-order valence-electron chi connectivity index (χ4n) is 7.82. The molecule has 58 heavy (non-hydrogen) atoms. The van der Waals surface area contributed by atoms with E-state index in [2.05, 4.69) is 153 Å². The summed E-state index contributed by atoms with van der Waals surface area (Å²) in [6.07, 6.45) is 6.89. The molecule has 0 aliphatic rings. The lowest BCUT2D eigenvalue weighted by atomic mass is 9.84. The Balaban J connectivity index is 1.34. The van der Waals surface area contributed by atoms with Gasteiger partial charge in [-0.3, -0.25) is 19.5 Å². The maximum Gasteiger partial charge on any atom is 0.145 e. The minimum atomic E-state index is -0.0623. The number of pyridine rings is 3. The summed E-state index contributed by atoms with van der Waals surface area (Å²) in [5.74, 6) is 0.873. The number of imidazole rings is 1. The van der Waals surface area contributed by atoms with Crippen LogP contribution in [0.15, 0.2) is 158 Å². The third-order valence-corrected chi connectivity index (χ3v) is 11.0. The highest BCUT2D eigenvalue weighted by Gasteiger charge is 2.24. The lowest BCUT2D eigenvalue weighted by Crippen LogP contribution is -2.12. The molecule has 4 aromatic heterocycles. The van der Waals surface area contributed by atoms with Gasteiger partial charge >= 0.3 is 0 Å². The molecule has 0 atom stereocenters. The summed E-state index contributed by atoms with van der Waals surface area (Å²) in [5, 5.41) is 12.5. The zero-order chi connectivity index (χ0) is 40.2. The SMILES string of the molecule is CC(C)(C)c1ccc(-n2c(-c3cccc(-c4cc(C(C)(C)C)cc5cccnc45)c3)nc3c(-c4cc(-c5ccncc5)ncc4O)cccc32)c(-c2ccccc2)c1. The Morgan fingerprint density at radius 1 is 0.500 bits per heavy atom. The van der Waals surface area contributed by atoms with Crippen molar-refractivity contribution < 1.29 is 5.11 Å². The van der Waals surface area contributed by atoms with Gasteiger partial charge in [-0.1, -0.05) is 114 Å². The van der Waals surface area contributed by atoms with Crippen molar-refractivity contribution in [3.63, 3.8) is 0 Å². The lowest BCUT2D eigenvalue weighted by Gasteiger charge is -2.23. The Labute approximate surface area is 339 Å². The molecular weight excluding hydrogens is 711 g/mol. The Morgan fingerprint density at radius 3 is 2.00 bits per heavy atom. The van der Waals surface area contributed by atoms with Gasteiger partial charge in [-0.2, -0.15) is 0 Å². The largest absolute Gasteiger partial charge is 0.506 e. The third-order valence-electron chi connectivity index (χ3n) is 11.0. The molecule has 0 bridgehead atoms. The van der Waals surface area contributed by atoms with E-state index in [0.29, 0.717) is 5.56 Å². The number of aromatic nitrogens is 5. The van der Waals surface area contributed by atoms with E-state index in [9.17, 15) is 5.11 Å². The van der Waals surface area contributed by atoms with Crippen LogP contribution in [-0.4, -0.2) is 29.6 Å². The van der Waals surface area contributed by atoms with Crippen LogP contribution in [0.3, 0.4) is 0 Å². The van der Waals surface area contributed by atoms with Gasteiger partial charge in [-0.25, -0.2) is 4.98 Å². The monoisotopic (exact) mass is 755 g/mol. The number of hydrogen-bond donors (Lipinski definition) is 1. The number of hydrogen-bond acceptors (Lipinski definition) is 5. The molecular formula is C52H45N5O. The Bertz CT molecular complexity index is 2970. The second-order valence-electron chi connectivity index (χ2n) is 17.0. The average molecular weight is 756 g/mol. The van der Waals surface area contributed by atoms with Crippen molar-refractivity contribution in [2.75, 3.05) is 0 Å². The molecule has 0 aliphatic carbocycles. The molecule has 6 heteroatoms. The molecule has 0 saturated carbocycles. The Morgan fingerprint density at radius 2 is 1.22 bits per heavy atom. The summed E-state index contributed by atoms with van der Waals surface area (Å²) in [6, 6.07) is 46.7. The quantitative estimate of drug-likeness (QED) is 0.183. The van der Waals surface area contributed by atoms with E-state index in [0.717, 1.165) is 78.1 Å². The number of rotatable bonds is 6. The molecule has 9 aromatic rings. The van der Waals surface area contributed by atoms with Gasteiger partial charge in [0.1, 0.15) is 11.6 Å². The Kier molecular flexibility index (Phi) is 9.00. The minimum absolute atomic E-state index is 0.0520. The number of fused-ring (bicyclic) bond motifs is 2. The van der Waals surface area contributed by atoms with Crippen molar-refractivity contribution in [2.45, 2.75) is 52.4 Å². The molecule has 9 rings (SSSR count). The number of aromatic hydroxyl groups is 1. The zero-order valence-electron chi connectivity index (χ0n) is 33.7. The van der Waals surface area contributed by atoms with Crippen LogP contribution in [0.2, 0.25) is 0 Å². The van der Waals surface area contributed by atoms with Crippen LogP contribution in [0.1, 0.15) is 52.7 Å². The van der Waals surface area contributed by atoms with Crippen molar-refractivity contribution in [2.24, 2.45) is 0 Å². The van der Waals surface area contributed by atoms with E-state index in [4.69, 9.17) is 9.97 Å². The summed E-state index contributed by atoms with van der Waals surface area (Å²) in [4.78, 5) is 19.2. The minimum Gasteiger partial charge on any atom is -0.506 e. The molecule has 0 spiro atoms. The van der Waals surface area contributed by atoms with Gasteiger partial charge in [0, 0.05) is 57.4 Å². The number of para-hydroxylation sites is 1. The van der Waals surface area contributed by atoms with Crippen LogP contribution in [-0.2, 0) is 10.8 Å². The van der Waals surface area contributed by atoms with Gasteiger partial charge in [0.2, 0.25) is 0 Å². The van der Waals surface area contributed by atoms with Crippen LogP contribution >= 0.6 is 0 Å². The zero-order valence-corrected chi connectivity index (χ0v) is 33.7. The first-order valence-corrected chi connectivity index (χ1v) is 19.8. The fourth-order valence-corrected chi connectivity index (χ4v) is 7.82. The summed E-state index contributed by atoms with van der Waals surface area (Å²) < 4.78 is 2.29. The van der Waals surface area contributed by atoms with Crippen LogP contribution < -0.4 is 0 Å². The molecule has 0 saturated heterocycles. The summed E-state index contributed by atoms with van der Waals surface area (Å²) in [5.41, 5.74) is 14.5. The lowest BCUT2D eigenvalue weighted by molar-refractivity contribution is 0.475. The molecule has 0 fully saturated rings. The molecule has 0 radical (unpaired) electrons. The van der Waals surface area contributed by atoms with Crippen LogP contribution in [0.5, 0.6) is 5.75 Å². The van der Waals surface area contributed by atoms with Crippen molar-refractivity contribution in [3.8, 4) is 67.5 Å². The van der Waals surface area contributed by atoms with E-state index < -0.39 is 0 Å². The van der Waals surface area contributed by atoms with Gasteiger partial charge in [-0.05, 0) is 93.7 Å². The molecule has 5 aromatic carbocycles. The first-order chi connectivity index (χ1) is 27.9. The van der Waals surface area contributed by atoms with Gasteiger partial charge in [0.25, 0.3) is 0 Å². The average Bonchev–Trinajstić information content (AvgIpc) is 3.63. The summed E-state index contributed by atoms with van der Waals surface area (Å²) in [7, 11) is 0. The van der Waals surface area contributed by atoms with E-state index >= 15 is 0 Å². The fraction of sp³-hybridized carbons (Fsp3) is 0.154. The molecule has 1 N–H and O–H groups in total. The van der Waals surface area contributed by atoms with Crippen LogP contribution in [0.25, 0.3) is 83.6 Å². The number of benzene rings is 5. The molecule has 0 unspecified atom stereocenters. The van der Waals surface area contributed by atoms with Crippen molar-refractivity contribution >= 4 is 21.9 Å². The maximum absolute atomic E-state index is 11.4. The van der Waals surface area contributed by atoms with Gasteiger partial charge in [0.15, 0.2) is 0 Å². The first kappa shape index (κ1) is 36.7. The highest BCUT2D eigenvalue weighted by Crippen LogP contribution is 2.42. The predicted octanol–water partition coefficient (Wildman–Crippen LogP) is 13.0. The third kappa shape index (κ3) is 6.71. The topological polar surface area (TPSA) is 76.7 Å². The van der Waals surface area contributed by atoms with Gasteiger partial charge in [0.05, 0.1) is 34.1 Å². The van der Waals surface area contributed by atoms with E-state index in [-0.39, 0.29) is 16.6 Å². The molecule has 6 nitrogen and oxygen atoms in total. The van der Waals surface area contributed by atoms with Crippen molar-refractivity contribution in [3.05, 3.63) is 169 Å². The molecule has 4 heterocycles. The highest BCUT2D eigenvalue weighted by atomic mass is 16.3. The number of nitrogens with zero attached hydrogens (tertiary/aromatic N) is 5. The van der Waals surface area contributed by atoms with Crippen molar-refractivity contribution in [1.29, 1.82) is 0 Å².